The van der Waals surface area contributed by atoms with Crippen molar-refractivity contribution >= 4 is 15.9 Å². The topological polar surface area (TPSA) is 80.0 Å². The fourth-order valence-electron chi connectivity index (χ4n) is 0.785. The lowest BCUT2D eigenvalue weighted by molar-refractivity contribution is -0.730. The van der Waals surface area contributed by atoms with E-state index in [9.17, 15) is 13.2 Å². The van der Waals surface area contributed by atoms with Crippen LogP contribution in [0.4, 0.5) is 0 Å². The third-order valence-electron chi connectivity index (χ3n) is 1.39. The summed E-state index contributed by atoms with van der Waals surface area (Å²) in [5.41, 5.74) is 0.202. The zero-order valence-electron chi connectivity index (χ0n) is 7.76. The van der Waals surface area contributed by atoms with E-state index in [4.69, 9.17) is 0 Å². The molecule has 1 aromatic heterocycles. The van der Waals surface area contributed by atoms with Crippen molar-refractivity contribution in [2.45, 2.75) is 0 Å². The number of hydrogen-bond donors (Lipinski definition) is 1. The fourth-order valence-corrected chi connectivity index (χ4v) is 1.24. The molecule has 0 radical (unpaired) electrons. The Labute approximate surface area is 81.6 Å². The highest BCUT2D eigenvalue weighted by Crippen LogP contribution is 1.93. The molecule has 1 heterocycles. The van der Waals surface area contributed by atoms with Crippen molar-refractivity contribution in [3.8, 4) is 0 Å². The maximum atomic E-state index is 11.2. The lowest BCUT2D eigenvalue weighted by Gasteiger charge is -1.99. The van der Waals surface area contributed by atoms with Gasteiger partial charge in [0.2, 0.25) is 10.0 Å². The number of rotatable bonds is 2. The van der Waals surface area contributed by atoms with Crippen molar-refractivity contribution in [3.05, 3.63) is 24.0 Å². The molecule has 76 valence electrons. The van der Waals surface area contributed by atoms with Crippen LogP contribution < -0.4 is 9.40 Å². The average Bonchev–Trinajstić information content (AvgIpc) is 2.02. The number of nitrogens with one attached hydrogen (secondary N) is 1. The number of aryl methyl sites for hydroxylation is 1. The Balaban J connectivity index is 2.86. The van der Waals surface area contributed by atoms with Crippen molar-refractivity contribution in [3.63, 3.8) is 0 Å². The lowest BCUT2D eigenvalue weighted by atomic mass is 10.3. The summed E-state index contributed by atoms with van der Waals surface area (Å²) < 4.78 is 24.8. The molecule has 1 rings (SSSR count). The molecule has 0 bridgehead atoms. The Bertz CT molecular complexity index is 438. The highest BCUT2D eigenvalue weighted by atomic mass is 32.2. The van der Waals surface area contributed by atoms with E-state index in [1.807, 2.05) is 4.72 Å². The van der Waals surface area contributed by atoms with Gasteiger partial charge in [-0.1, -0.05) is 4.68 Å². The highest BCUT2D eigenvalue weighted by molar-refractivity contribution is 7.89. The molecule has 0 unspecified atom stereocenters. The average molecular weight is 216 g/mol. The smallest absolute Gasteiger partial charge is 0.266 e. The predicted molar refractivity (Wildman–Crippen MR) is 47.7 cm³/mol. The lowest BCUT2D eigenvalue weighted by Crippen LogP contribution is -2.34. The highest BCUT2D eigenvalue weighted by Gasteiger charge is 2.12. The molecule has 1 amide bonds. The molecule has 0 aromatic carbocycles. The van der Waals surface area contributed by atoms with Crippen LogP contribution in [0.25, 0.3) is 0 Å². The monoisotopic (exact) mass is 216 g/mol. The zero-order chi connectivity index (χ0) is 10.8. The van der Waals surface area contributed by atoms with E-state index in [2.05, 4.69) is 5.10 Å². The van der Waals surface area contributed by atoms with Crippen molar-refractivity contribution in [2.24, 2.45) is 7.05 Å². The zero-order valence-corrected chi connectivity index (χ0v) is 8.58. The van der Waals surface area contributed by atoms with Crippen LogP contribution in [0.15, 0.2) is 18.5 Å². The number of amides is 1. The van der Waals surface area contributed by atoms with Crippen LogP contribution in [0, 0.1) is 0 Å². The third-order valence-corrected chi connectivity index (χ3v) is 1.95. The number of aromatic nitrogens is 2. The van der Waals surface area contributed by atoms with Gasteiger partial charge in [-0.3, -0.25) is 4.79 Å². The largest absolute Gasteiger partial charge is 0.268 e. The van der Waals surface area contributed by atoms with Gasteiger partial charge < -0.3 is 0 Å². The number of nitrogens with zero attached hydrogens (tertiary/aromatic N) is 2. The molecule has 0 atom stereocenters. The fraction of sp³-hybridized carbons (Fsp3) is 0.286. The van der Waals surface area contributed by atoms with Crippen LogP contribution in [0.3, 0.4) is 0 Å². The first-order valence-electron chi connectivity index (χ1n) is 3.72. The molecule has 0 saturated carbocycles. The van der Waals surface area contributed by atoms with Crippen molar-refractivity contribution in [1.29, 1.82) is 0 Å². The van der Waals surface area contributed by atoms with Crippen molar-refractivity contribution < 1.29 is 17.9 Å². The third kappa shape index (κ3) is 3.09. The first-order valence-corrected chi connectivity index (χ1v) is 5.62. The quantitative estimate of drug-likeness (QED) is 0.616. The number of sulfonamides is 1. The van der Waals surface area contributed by atoms with E-state index >= 15 is 0 Å². The van der Waals surface area contributed by atoms with E-state index in [1.54, 1.807) is 13.2 Å². The maximum Gasteiger partial charge on any atom is 0.266 e. The molecule has 0 aliphatic carbocycles. The standard InChI is InChI=1S/C7H9N3O3S/c1-10-4-3-6(5-8-10)7(11)9-14(2,12)13/h3-5H,1-2H3/p+1. The summed E-state index contributed by atoms with van der Waals surface area (Å²) in [6.07, 6.45) is 3.76. The van der Waals surface area contributed by atoms with Gasteiger partial charge in [-0.2, -0.15) is 0 Å². The first kappa shape index (κ1) is 10.6. The maximum absolute atomic E-state index is 11.2. The van der Waals surface area contributed by atoms with Gasteiger partial charge in [-0.15, -0.1) is 0 Å². The summed E-state index contributed by atoms with van der Waals surface area (Å²) in [5, 5.41) is 3.79. The SMILES string of the molecule is C[n+]1ccc(C(=O)NS(C)(=O)=O)cn1. The van der Waals surface area contributed by atoms with Gasteiger partial charge in [0.15, 0.2) is 13.2 Å². The number of carbonyl (C=O) groups is 1. The van der Waals surface area contributed by atoms with E-state index in [0.717, 1.165) is 6.26 Å². The molecule has 6 nitrogen and oxygen atoms in total. The molecule has 0 spiro atoms. The predicted octanol–water partition coefficient (Wildman–Crippen LogP) is -1.40. The van der Waals surface area contributed by atoms with Gasteiger partial charge in [-0.05, 0) is 5.10 Å². The van der Waals surface area contributed by atoms with Crippen LogP contribution in [0.1, 0.15) is 10.4 Å². The Morgan fingerprint density at radius 1 is 1.57 bits per heavy atom. The molecule has 0 aliphatic heterocycles. The molecular weight excluding hydrogens is 206 g/mol. The van der Waals surface area contributed by atoms with Crippen LogP contribution in [0.2, 0.25) is 0 Å². The van der Waals surface area contributed by atoms with Crippen LogP contribution in [-0.2, 0) is 17.1 Å². The van der Waals surface area contributed by atoms with Gasteiger partial charge in [0, 0.05) is 6.07 Å². The minimum atomic E-state index is -3.52. The Morgan fingerprint density at radius 2 is 2.21 bits per heavy atom. The molecule has 1 aromatic rings. The number of carbonyl (C=O) groups excluding carboxylic acids is 1. The summed E-state index contributed by atoms with van der Waals surface area (Å²) in [4.78, 5) is 11.2. The van der Waals surface area contributed by atoms with Crippen molar-refractivity contribution in [1.82, 2.24) is 9.82 Å². The molecule has 1 N–H and O–H groups in total. The first-order chi connectivity index (χ1) is 6.38. The van der Waals surface area contributed by atoms with E-state index in [0.29, 0.717) is 0 Å². The van der Waals surface area contributed by atoms with Crippen LogP contribution >= 0.6 is 0 Å². The Morgan fingerprint density at radius 3 is 2.64 bits per heavy atom. The van der Waals surface area contributed by atoms with Crippen molar-refractivity contribution in [2.75, 3.05) is 6.26 Å². The molecule has 14 heavy (non-hydrogen) atoms. The summed E-state index contributed by atoms with van der Waals surface area (Å²) >= 11 is 0. The summed E-state index contributed by atoms with van der Waals surface area (Å²) in [7, 11) is -1.82. The summed E-state index contributed by atoms with van der Waals surface area (Å²) in [5.74, 6) is -0.680. The molecule has 0 saturated heterocycles. The van der Waals surface area contributed by atoms with E-state index in [1.165, 1.54) is 16.9 Å². The van der Waals surface area contributed by atoms with Gasteiger partial charge >= 0.3 is 0 Å². The molecule has 7 heteroatoms. The van der Waals surface area contributed by atoms with Gasteiger partial charge in [0.1, 0.15) is 6.20 Å². The normalized spacial score (nSPS) is 11.0. The molecular formula is C7H10N3O3S+. The summed E-state index contributed by atoms with van der Waals surface area (Å²) in [6.45, 7) is 0. The van der Waals surface area contributed by atoms with Crippen LogP contribution in [0.5, 0.6) is 0 Å². The Kier molecular flexibility index (Phi) is 2.80. The number of hydrogen-bond acceptors (Lipinski definition) is 4. The second kappa shape index (κ2) is 3.70. The van der Waals surface area contributed by atoms with Crippen LogP contribution in [-0.4, -0.2) is 25.7 Å². The summed E-state index contributed by atoms with van der Waals surface area (Å²) in [6, 6.07) is 1.48. The second-order valence-electron chi connectivity index (χ2n) is 2.79. The minimum Gasteiger partial charge on any atom is -0.268 e. The van der Waals surface area contributed by atoms with Gasteiger partial charge in [0.05, 0.1) is 11.8 Å². The Hall–Kier alpha value is -1.50. The molecule has 0 fully saturated rings. The minimum absolute atomic E-state index is 0.202. The van der Waals surface area contributed by atoms with Gasteiger partial charge in [0.25, 0.3) is 5.91 Å². The van der Waals surface area contributed by atoms with E-state index in [-0.39, 0.29) is 5.56 Å². The second-order valence-corrected chi connectivity index (χ2v) is 4.54. The van der Waals surface area contributed by atoms with E-state index < -0.39 is 15.9 Å². The molecule has 0 aliphatic rings. The van der Waals surface area contributed by atoms with Gasteiger partial charge in [-0.25, -0.2) is 13.1 Å².